The first-order valence-corrected chi connectivity index (χ1v) is 46.7. The molecule has 14 unspecified atom stereocenters. The van der Waals surface area contributed by atoms with Crippen LogP contribution in [0.25, 0.3) is 0 Å². The lowest BCUT2D eigenvalue weighted by atomic mass is 9.95. The molecule has 35 atom stereocenters. The van der Waals surface area contributed by atoms with Gasteiger partial charge in [0.1, 0.15) is 140 Å². The second-order valence-corrected chi connectivity index (χ2v) is 34.8. The number of rotatable bonds is 57. The van der Waals surface area contributed by atoms with Gasteiger partial charge in [-0.1, -0.05) is 20.2 Å². The second-order valence-electron chi connectivity index (χ2n) is 25.2. The van der Waals surface area contributed by atoms with Crippen molar-refractivity contribution < 1.29 is 313 Å². The standard InChI is InChI=1S/C47H80N4O68S11/c1-84-38-18(49-121-117-113-86-3)23(57)29(14(97-38)7-93-125(66,67)68)100-45-36(110-129(78,79)80)27(61)33(43(107-45)90-11-53)104-40-20(51-123-119-115-88-5)25(59)31(16(99-40)9-95-127(72,73)74)102-47-37(111-130(81,82)83)28(62)34(44(108-47)91-12-54)105-41-19(50-122-118-114-87-4)24(58)30(15(98-41)8-94-126(69,70)71)101-46-35(109-128(75,76)77)26(60)32(42(106-46)89-10-52)103-39-17(48-120-116-112-85-2)22(56)21(55)13(96-39)6-92-124(63,64)65/h10-51,55-62H,6-9H2,1-5H3,(H,63,64,65)(H,66,67,68)(H,69,70,71)(H,72,73,74)(H,75,76,77)(H,78,79,80)(H,81,82,83)/t13?,14?,15?,16?,17?,18?,19?,20?,21-,22-,23-,24-,25-,26-,27-,28-,29-,30-,31-,32-,33-,34-,35?,36?,37?,38-,39+,40+,41+,42?,43?,44?,45-,46-,47-/m1/s1. The highest BCUT2D eigenvalue weighted by molar-refractivity contribution is 7.93. The molecule has 0 aromatic carbocycles. The zero-order valence-corrected chi connectivity index (χ0v) is 73.6. The van der Waals surface area contributed by atoms with E-state index in [1.165, 1.54) is 0 Å². The van der Waals surface area contributed by atoms with Crippen molar-refractivity contribution in [3.05, 3.63) is 0 Å². The molecule has 7 heterocycles. The lowest BCUT2D eigenvalue weighted by Crippen LogP contribution is -2.70. The fourth-order valence-corrected chi connectivity index (χ4v) is 16.8. The summed E-state index contributed by atoms with van der Waals surface area (Å²) < 4.78 is 396. The van der Waals surface area contributed by atoms with Crippen LogP contribution >= 0.6 is 48.9 Å². The van der Waals surface area contributed by atoms with Gasteiger partial charge in [-0.25, -0.2) is 67.7 Å². The van der Waals surface area contributed by atoms with Gasteiger partial charge in [0.15, 0.2) is 80.7 Å². The first-order valence-electron chi connectivity index (χ1n) is 34.2. The smallest absolute Gasteiger partial charge is 0.397 e. The fourth-order valence-electron chi connectivity index (χ4n) is 12.2. The minimum Gasteiger partial charge on any atom is -0.435 e. The van der Waals surface area contributed by atoms with Crippen LogP contribution in [-0.2, 0) is 254 Å². The normalized spacial score (nSPS) is 37.6. The maximum atomic E-state index is 12.9. The van der Waals surface area contributed by atoms with E-state index >= 15 is 0 Å². The van der Waals surface area contributed by atoms with E-state index in [2.05, 4.69) is 101 Å². The topological polar surface area (TPSA) is 974 Å². The summed E-state index contributed by atoms with van der Waals surface area (Å²) in [5.41, 5.74) is 0. The van der Waals surface area contributed by atoms with Gasteiger partial charge in [-0.15, -0.1) is 17.3 Å². The number of aliphatic hydroxyl groups is 8. The van der Waals surface area contributed by atoms with Crippen molar-refractivity contribution in [1.29, 1.82) is 0 Å². The average molecular weight is 2140 g/mol. The number of carbonyl (C=O) groups is 3. The van der Waals surface area contributed by atoms with Crippen LogP contribution < -0.4 is 18.9 Å². The highest BCUT2D eigenvalue weighted by atomic mass is 32.3. The van der Waals surface area contributed by atoms with Crippen LogP contribution in [0.3, 0.4) is 0 Å². The first-order chi connectivity index (χ1) is 60.8. The van der Waals surface area contributed by atoms with Crippen LogP contribution in [0.5, 0.6) is 0 Å². The zero-order valence-electron chi connectivity index (χ0n) is 64.6. The second kappa shape index (κ2) is 52.0. The molecule has 0 bridgehead atoms. The Hall–Kier alpha value is -2.62. The number of hydrogen-bond acceptors (Lipinski definition) is 69. The number of nitrogens with one attached hydrogen (secondary N) is 4. The number of ether oxygens (including phenoxy) is 17. The Morgan fingerprint density at radius 2 is 0.500 bits per heavy atom. The first kappa shape index (κ1) is 114. The van der Waals surface area contributed by atoms with Crippen LogP contribution in [0.2, 0.25) is 0 Å². The molecule has 83 heteroatoms. The monoisotopic (exact) mass is 2140 g/mol. The zero-order chi connectivity index (χ0) is 96.8. The van der Waals surface area contributed by atoms with Crippen molar-refractivity contribution in [2.75, 3.05) is 62.0 Å². The largest absolute Gasteiger partial charge is 0.435 e. The lowest BCUT2D eigenvalue weighted by Gasteiger charge is -2.51. The minimum absolute atomic E-state index is 0.00384. The molecule has 0 amide bonds. The molecule has 0 radical (unpaired) electrons. The van der Waals surface area contributed by atoms with Crippen molar-refractivity contribution in [1.82, 2.24) is 18.9 Å². The molecule has 7 aliphatic heterocycles. The van der Waals surface area contributed by atoms with E-state index in [1.54, 1.807) is 0 Å². The van der Waals surface area contributed by atoms with Crippen molar-refractivity contribution in [3.63, 3.8) is 0 Å². The summed E-state index contributed by atoms with van der Waals surface area (Å²) in [4.78, 5) is 54.2. The molecule has 130 heavy (non-hydrogen) atoms. The van der Waals surface area contributed by atoms with Crippen LogP contribution in [0, 0.1) is 0 Å². The maximum absolute atomic E-state index is 12.9. The highest BCUT2D eigenvalue weighted by Gasteiger charge is 2.63. The van der Waals surface area contributed by atoms with Gasteiger partial charge in [-0.2, -0.15) is 58.9 Å². The molecular formula is C47H80N4O68S11. The summed E-state index contributed by atoms with van der Waals surface area (Å²) in [6.45, 7) is -7.82. The van der Waals surface area contributed by atoms with E-state index in [1.807, 2.05) is 0 Å². The van der Waals surface area contributed by atoms with Crippen LogP contribution in [0.4, 0.5) is 0 Å². The Morgan fingerprint density at radius 3 is 0.738 bits per heavy atom. The van der Waals surface area contributed by atoms with Gasteiger partial charge >= 0.3 is 72.8 Å². The number of carbonyl (C=O) groups excluding carboxylic acids is 3. The Bertz CT molecular complexity index is 4310. The van der Waals surface area contributed by atoms with Crippen molar-refractivity contribution >= 4 is 141 Å². The molecule has 0 saturated carbocycles. The third-order valence-electron chi connectivity index (χ3n) is 17.2. The molecular weight excluding hydrogens is 2060 g/mol. The van der Waals surface area contributed by atoms with Crippen LogP contribution in [-0.4, -0.2) is 428 Å². The molecule has 0 aromatic heterocycles. The molecule has 7 aliphatic rings. The Labute approximate surface area is 746 Å². The molecule has 762 valence electrons. The third kappa shape index (κ3) is 35.0. The number of aliphatic hydroxyl groups excluding tert-OH is 8. The van der Waals surface area contributed by atoms with Crippen molar-refractivity contribution in [2.45, 2.75) is 215 Å². The Balaban J connectivity index is 1.25. The molecule has 0 aliphatic carbocycles. The number of methoxy groups -OCH3 is 1. The summed E-state index contributed by atoms with van der Waals surface area (Å²) in [5.74, 6) is 0. The summed E-state index contributed by atoms with van der Waals surface area (Å²) in [5, 5.41) is 112. The van der Waals surface area contributed by atoms with Crippen LogP contribution in [0.15, 0.2) is 0 Å². The van der Waals surface area contributed by atoms with Gasteiger partial charge in [0, 0.05) is 7.11 Å². The molecule has 7 saturated heterocycles. The SMILES string of the molecule is COOOSNC1[C@H](O[C@H]2C(OC=O)O[C@@H](O[C@@H]3C(COS(=O)(=O)O)O[C@@H](O[C@H]4C(OC=O)O[C@@H](O[C@@H]5C(COS(=O)(=O)O)O[C@@H](O[C@H]6C(OC=O)O[C@@H](O[C@@H]7C(COS(=O)(=O)O)O[C@@H](OC)C(NSOOOC)[C@H]7O)C(OS(=O)(=O)O)[C@@H]6O)C(NSOOOC)[C@H]5O)C(OS(=O)(=O)O)[C@@H]4O)C(NSOOOC)[C@H]3O)C(OS(=O)(=O)O)[C@@H]2O)OC(COS(=O)(=O)O)[C@@H](O)[C@@H]1O. The highest BCUT2D eigenvalue weighted by Crippen LogP contribution is 2.42. The van der Waals surface area contributed by atoms with E-state index in [0.29, 0.717) is 0 Å². The van der Waals surface area contributed by atoms with Gasteiger partial charge in [-0.05, 0) is 0 Å². The van der Waals surface area contributed by atoms with E-state index in [4.69, 9.17) is 84.7 Å². The van der Waals surface area contributed by atoms with Gasteiger partial charge < -0.3 is 121 Å². The fraction of sp³-hybridized carbons (Fsp3) is 0.936. The average Bonchev–Trinajstić information content (AvgIpc) is 0.770. The summed E-state index contributed by atoms with van der Waals surface area (Å²) in [6, 6.07) is -8.55. The van der Waals surface area contributed by atoms with Crippen molar-refractivity contribution in [2.24, 2.45) is 0 Å². The molecule has 72 nitrogen and oxygen atoms in total. The van der Waals surface area contributed by atoms with Gasteiger partial charge in [0.05, 0.1) is 79.0 Å². The van der Waals surface area contributed by atoms with Gasteiger partial charge in [0.2, 0.25) is 18.9 Å². The van der Waals surface area contributed by atoms with E-state index in [-0.39, 0.29) is 48.9 Å². The lowest BCUT2D eigenvalue weighted by molar-refractivity contribution is -0.448. The minimum atomic E-state index is -6.20. The molecule has 19 N–H and O–H groups in total. The Kier molecular flexibility index (Phi) is 45.8. The molecule has 0 aromatic rings. The molecule has 0 spiro atoms. The third-order valence-corrected chi connectivity index (χ3v) is 22.3. The summed E-state index contributed by atoms with van der Waals surface area (Å²) in [6.07, 6.45) is -82.1. The predicted octanol–water partition coefficient (Wildman–Crippen LogP) is -13.7. The van der Waals surface area contributed by atoms with E-state index in [0.717, 1.165) is 35.5 Å². The summed E-state index contributed by atoms with van der Waals surface area (Å²) in [7, 11) is -36.2. The van der Waals surface area contributed by atoms with Gasteiger partial charge in [0.25, 0.3) is 19.4 Å². The number of hydrogen-bond donors (Lipinski definition) is 19. The van der Waals surface area contributed by atoms with Gasteiger partial charge in [-0.3, -0.25) is 46.3 Å². The maximum Gasteiger partial charge on any atom is 0.397 e. The van der Waals surface area contributed by atoms with E-state index < -0.39 is 334 Å². The molecule has 7 fully saturated rings. The van der Waals surface area contributed by atoms with E-state index in [9.17, 15) is 146 Å². The molecule has 7 rings (SSSR count). The summed E-state index contributed by atoms with van der Waals surface area (Å²) >= 11 is -0.260. The van der Waals surface area contributed by atoms with Crippen molar-refractivity contribution in [3.8, 4) is 0 Å². The Morgan fingerprint density at radius 1 is 0.269 bits per heavy atom. The quantitative estimate of drug-likeness (QED) is 0.00393. The predicted molar refractivity (Wildman–Crippen MR) is 380 cm³/mol. The van der Waals surface area contributed by atoms with Crippen LogP contribution in [0.1, 0.15) is 0 Å².